The van der Waals surface area contributed by atoms with Crippen LogP contribution in [-0.4, -0.2) is 17.6 Å². The fraction of sp³-hybridized carbons (Fsp3) is 0.150. The van der Waals surface area contributed by atoms with Crippen LogP contribution in [0.5, 0.6) is 0 Å². The molecule has 2 aromatic heterocycles. The quantitative estimate of drug-likeness (QED) is 0.413. The number of hydrogen-bond acceptors (Lipinski definition) is 6. The second-order valence-corrected chi connectivity index (χ2v) is 5.77. The Morgan fingerprint density at radius 3 is 2.65 bits per heavy atom. The molecule has 0 N–H and O–H groups in total. The molecule has 6 nitrogen and oxygen atoms in total. The van der Waals surface area contributed by atoms with Crippen LogP contribution in [-0.2, 0) is 16.0 Å². The smallest absolute Gasteiger partial charge is 0.336 e. The molecule has 0 saturated carbocycles. The van der Waals surface area contributed by atoms with E-state index in [1.165, 1.54) is 6.07 Å². The number of aromatic nitrogens is 1. The molecule has 130 valence electrons. The Kier molecular flexibility index (Phi) is 4.01. The first-order valence-corrected chi connectivity index (χ1v) is 8.22. The number of oxazole rings is 1. The van der Waals surface area contributed by atoms with Crippen molar-refractivity contribution in [1.82, 2.24) is 4.98 Å². The maximum Gasteiger partial charge on any atom is 0.336 e. The summed E-state index contributed by atoms with van der Waals surface area (Å²) in [4.78, 5) is 28.2. The van der Waals surface area contributed by atoms with Crippen molar-refractivity contribution in [3.8, 4) is 11.5 Å². The molecule has 0 bridgehead atoms. The summed E-state index contributed by atoms with van der Waals surface area (Å²) < 4.78 is 16.0. The Balaban J connectivity index is 1.86. The summed E-state index contributed by atoms with van der Waals surface area (Å²) >= 11 is 0. The van der Waals surface area contributed by atoms with Crippen molar-refractivity contribution in [3.63, 3.8) is 0 Å². The lowest BCUT2D eigenvalue weighted by Gasteiger charge is -2.05. The molecule has 2 heterocycles. The van der Waals surface area contributed by atoms with Gasteiger partial charge in [-0.3, -0.25) is 4.79 Å². The van der Waals surface area contributed by atoms with E-state index >= 15 is 0 Å². The highest BCUT2D eigenvalue weighted by atomic mass is 16.5. The first-order chi connectivity index (χ1) is 12.6. The van der Waals surface area contributed by atoms with Crippen molar-refractivity contribution in [2.24, 2.45) is 0 Å². The van der Waals surface area contributed by atoms with Gasteiger partial charge in [-0.25, -0.2) is 9.78 Å². The van der Waals surface area contributed by atoms with E-state index in [0.717, 1.165) is 5.56 Å². The SMILES string of the molecule is CCOC(=O)Cc1cc(=O)oc2cc3oc(-c4ccccc4)nc3cc12. The fourth-order valence-electron chi connectivity index (χ4n) is 2.87. The zero-order valence-corrected chi connectivity index (χ0v) is 14.0. The van der Waals surface area contributed by atoms with Crippen LogP contribution in [0, 0.1) is 0 Å². The first kappa shape index (κ1) is 16.1. The van der Waals surface area contributed by atoms with Gasteiger partial charge in [0.25, 0.3) is 0 Å². The Hall–Kier alpha value is -3.41. The van der Waals surface area contributed by atoms with Crippen LogP contribution in [0.3, 0.4) is 0 Å². The summed E-state index contributed by atoms with van der Waals surface area (Å²) in [6.07, 6.45) is -0.00909. The largest absolute Gasteiger partial charge is 0.466 e. The second kappa shape index (κ2) is 6.48. The monoisotopic (exact) mass is 349 g/mol. The molecule has 0 amide bonds. The van der Waals surface area contributed by atoms with Crippen LogP contribution < -0.4 is 5.63 Å². The van der Waals surface area contributed by atoms with Crippen LogP contribution >= 0.6 is 0 Å². The van der Waals surface area contributed by atoms with Gasteiger partial charge in [0, 0.05) is 23.1 Å². The summed E-state index contributed by atoms with van der Waals surface area (Å²) in [5, 5.41) is 0.637. The summed E-state index contributed by atoms with van der Waals surface area (Å²) in [6, 6.07) is 14.2. The maximum atomic E-state index is 11.8. The molecular weight excluding hydrogens is 334 g/mol. The van der Waals surface area contributed by atoms with Gasteiger partial charge in [0.05, 0.1) is 13.0 Å². The number of carbonyl (C=O) groups is 1. The summed E-state index contributed by atoms with van der Waals surface area (Å²) in [5.74, 6) is 0.0785. The van der Waals surface area contributed by atoms with Crippen molar-refractivity contribution >= 4 is 28.0 Å². The number of rotatable bonds is 4. The average molecular weight is 349 g/mol. The molecule has 0 aliphatic rings. The third kappa shape index (κ3) is 2.97. The van der Waals surface area contributed by atoms with Gasteiger partial charge in [-0.15, -0.1) is 0 Å². The van der Waals surface area contributed by atoms with E-state index in [9.17, 15) is 9.59 Å². The maximum absolute atomic E-state index is 11.8. The highest BCUT2D eigenvalue weighted by molar-refractivity contribution is 5.95. The van der Waals surface area contributed by atoms with Crippen LogP contribution in [0.25, 0.3) is 33.5 Å². The highest BCUT2D eigenvalue weighted by Crippen LogP contribution is 2.29. The van der Waals surface area contributed by atoms with Crippen LogP contribution in [0.15, 0.2) is 62.2 Å². The summed E-state index contributed by atoms with van der Waals surface area (Å²) in [7, 11) is 0. The van der Waals surface area contributed by atoms with Gasteiger partial charge in [-0.2, -0.15) is 0 Å². The molecule has 0 fully saturated rings. The molecule has 4 aromatic rings. The lowest BCUT2D eigenvalue weighted by molar-refractivity contribution is -0.142. The lowest BCUT2D eigenvalue weighted by atomic mass is 10.1. The predicted molar refractivity (Wildman–Crippen MR) is 95.8 cm³/mol. The second-order valence-electron chi connectivity index (χ2n) is 5.77. The van der Waals surface area contributed by atoms with Crippen LogP contribution in [0.2, 0.25) is 0 Å². The van der Waals surface area contributed by atoms with Gasteiger partial charge in [-0.05, 0) is 30.7 Å². The summed E-state index contributed by atoms with van der Waals surface area (Å²) in [6.45, 7) is 2.02. The number of ether oxygens (including phenoxy) is 1. The van der Waals surface area contributed by atoms with Gasteiger partial charge < -0.3 is 13.6 Å². The van der Waals surface area contributed by atoms with Crippen molar-refractivity contribution < 1.29 is 18.4 Å². The van der Waals surface area contributed by atoms with Gasteiger partial charge >= 0.3 is 11.6 Å². The minimum Gasteiger partial charge on any atom is -0.466 e. The minimum atomic E-state index is -0.529. The number of benzene rings is 2. The lowest BCUT2D eigenvalue weighted by Crippen LogP contribution is -2.10. The zero-order valence-electron chi connectivity index (χ0n) is 14.0. The molecule has 0 unspecified atom stereocenters. The molecule has 26 heavy (non-hydrogen) atoms. The predicted octanol–water partition coefficient (Wildman–Crippen LogP) is 3.71. The van der Waals surface area contributed by atoms with Gasteiger partial charge in [0.2, 0.25) is 5.89 Å². The van der Waals surface area contributed by atoms with E-state index in [-0.39, 0.29) is 13.0 Å². The molecule has 6 heteroatoms. The van der Waals surface area contributed by atoms with Crippen molar-refractivity contribution in [1.29, 1.82) is 0 Å². The van der Waals surface area contributed by atoms with E-state index in [0.29, 0.717) is 33.5 Å². The Bertz CT molecular complexity index is 1160. The fourth-order valence-corrected chi connectivity index (χ4v) is 2.87. The molecule has 0 radical (unpaired) electrons. The number of fused-ring (bicyclic) bond motifs is 2. The zero-order chi connectivity index (χ0) is 18.1. The first-order valence-electron chi connectivity index (χ1n) is 8.22. The van der Waals surface area contributed by atoms with Crippen molar-refractivity contribution in [2.75, 3.05) is 6.61 Å². The number of esters is 1. The van der Waals surface area contributed by atoms with Gasteiger partial charge in [-0.1, -0.05) is 18.2 Å². The van der Waals surface area contributed by atoms with E-state index in [2.05, 4.69) is 4.98 Å². The molecule has 0 saturated heterocycles. The third-order valence-corrected chi connectivity index (χ3v) is 4.00. The van der Waals surface area contributed by atoms with Crippen molar-refractivity contribution in [2.45, 2.75) is 13.3 Å². The molecular formula is C20H15NO5. The van der Waals surface area contributed by atoms with Gasteiger partial charge in [0.15, 0.2) is 5.58 Å². The number of nitrogens with zero attached hydrogens (tertiary/aromatic N) is 1. The normalized spacial score (nSPS) is 11.1. The van der Waals surface area contributed by atoms with Gasteiger partial charge in [0.1, 0.15) is 11.1 Å². The molecule has 2 aromatic carbocycles. The topological polar surface area (TPSA) is 82.5 Å². The Morgan fingerprint density at radius 2 is 1.88 bits per heavy atom. The van der Waals surface area contributed by atoms with E-state index in [1.807, 2.05) is 30.3 Å². The van der Waals surface area contributed by atoms with E-state index in [4.69, 9.17) is 13.6 Å². The number of hydrogen-bond donors (Lipinski definition) is 0. The highest BCUT2D eigenvalue weighted by Gasteiger charge is 2.15. The molecule has 0 aliphatic heterocycles. The average Bonchev–Trinajstić information content (AvgIpc) is 3.04. The standard InChI is InChI=1S/C20H15NO5/c1-2-24-18(22)8-13-9-19(23)25-16-11-17-15(10-14(13)16)21-20(26-17)12-6-4-3-5-7-12/h3-7,9-11H,2,8H2,1H3. The Labute approximate surface area is 148 Å². The third-order valence-electron chi connectivity index (χ3n) is 4.00. The van der Waals surface area contributed by atoms with Crippen LogP contribution in [0.4, 0.5) is 0 Å². The van der Waals surface area contributed by atoms with E-state index in [1.54, 1.807) is 19.1 Å². The Morgan fingerprint density at radius 1 is 1.08 bits per heavy atom. The molecule has 0 spiro atoms. The molecule has 0 aliphatic carbocycles. The summed E-state index contributed by atoms with van der Waals surface area (Å²) in [5.41, 5.74) is 2.34. The molecule has 4 rings (SSSR count). The van der Waals surface area contributed by atoms with Crippen LogP contribution in [0.1, 0.15) is 12.5 Å². The van der Waals surface area contributed by atoms with Crippen molar-refractivity contribution in [3.05, 3.63) is 64.5 Å². The number of carbonyl (C=O) groups excluding carboxylic acids is 1. The molecule has 0 atom stereocenters. The van der Waals surface area contributed by atoms with E-state index < -0.39 is 11.6 Å². The minimum absolute atomic E-state index is 0.00909.